The largest absolute Gasteiger partial charge is 0.435 e. The third-order valence-corrected chi connectivity index (χ3v) is 0.795. The van der Waals surface area contributed by atoms with Gasteiger partial charge in [-0.15, -0.1) is 0 Å². The Kier molecular flexibility index (Phi) is 4.82. The van der Waals surface area contributed by atoms with Gasteiger partial charge in [-0.1, -0.05) is 0 Å². The van der Waals surface area contributed by atoms with Crippen LogP contribution in [0.15, 0.2) is 0 Å². The molecular weight excluding hydrogens is 136 g/mol. The van der Waals surface area contributed by atoms with Gasteiger partial charge in [-0.05, 0) is 6.92 Å². The highest BCUT2D eigenvalue weighted by Gasteiger charge is 2.05. The molecule has 0 aliphatic carbocycles. The van der Waals surface area contributed by atoms with E-state index < -0.39 is 12.3 Å². The summed E-state index contributed by atoms with van der Waals surface area (Å²) in [6.45, 7) is 1.46. The van der Waals surface area contributed by atoms with E-state index in [9.17, 15) is 4.79 Å². The van der Waals surface area contributed by atoms with Crippen molar-refractivity contribution in [3.63, 3.8) is 0 Å². The normalized spacial score (nSPS) is 12.7. The molecule has 0 saturated carbocycles. The first-order valence-electron chi connectivity index (χ1n) is 2.92. The predicted octanol–water partition coefficient (Wildman–Crippen LogP) is -1.23. The number of esters is 1. The zero-order valence-electron chi connectivity index (χ0n) is 5.87. The number of hydrogen-bond acceptors (Lipinski definition) is 5. The lowest BCUT2D eigenvalue weighted by atomic mass is 10.6. The molecule has 0 fully saturated rings. The van der Waals surface area contributed by atoms with Crippen LogP contribution in [0, 0.1) is 0 Å². The number of ether oxygens (including phenoxy) is 2. The van der Waals surface area contributed by atoms with Gasteiger partial charge in [0.25, 0.3) is 0 Å². The Morgan fingerprint density at radius 2 is 2.20 bits per heavy atom. The van der Waals surface area contributed by atoms with E-state index >= 15 is 0 Å². The Morgan fingerprint density at radius 1 is 1.60 bits per heavy atom. The lowest BCUT2D eigenvalue weighted by Crippen LogP contribution is -2.25. The summed E-state index contributed by atoms with van der Waals surface area (Å²) < 4.78 is 9.27. The van der Waals surface area contributed by atoms with Crippen molar-refractivity contribution >= 4 is 5.97 Å². The van der Waals surface area contributed by atoms with E-state index in [2.05, 4.69) is 4.74 Å². The molecule has 0 heterocycles. The van der Waals surface area contributed by atoms with Crippen LogP contribution in [0.2, 0.25) is 0 Å². The van der Waals surface area contributed by atoms with Crippen molar-refractivity contribution in [2.75, 3.05) is 13.3 Å². The van der Waals surface area contributed by atoms with Crippen LogP contribution >= 0.6 is 0 Å². The first-order chi connectivity index (χ1) is 4.70. The average molecular weight is 148 g/mol. The van der Waals surface area contributed by atoms with Crippen LogP contribution in [0.3, 0.4) is 0 Å². The van der Waals surface area contributed by atoms with E-state index in [1.165, 1.54) is 0 Å². The van der Waals surface area contributed by atoms with Gasteiger partial charge in [0.15, 0.2) is 0 Å². The molecule has 0 spiro atoms. The molecule has 0 amide bonds. The first-order valence-corrected chi connectivity index (χ1v) is 2.92. The molecule has 10 heavy (non-hydrogen) atoms. The number of rotatable bonds is 4. The second-order valence-electron chi connectivity index (χ2n) is 1.59. The molecule has 4 N–H and O–H groups in total. The Balaban J connectivity index is 3.37. The molecule has 0 aliphatic rings. The van der Waals surface area contributed by atoms with E-state index in [0.717, 1.165) is 0 Å². The van der Waals surface area contributed by atoms with Crippen molar-refractivity contribution in [3.05, 3.63) is 0 Å². The summed E-state index contributed by atoms with van der Waals surface area (Å²) in [5.41, 5.74) is 9.96. The summed E-state index contributed by atoms with van der Waals surface area (Å²) in [4.78, 5) is 10.4. The molecule has 0 saturated heterocycles. The van der Waals surface area contributed by atoms with Crippen molar-refractivity contribution in [2.45, 2.75) is 13.2 Å². The molecule has 5 nitrogen and oxygen atoms in total. The molecule has 0 aromatic rings. The zero-order chi connectivity index (χ0) is 7.98. The van der Waals surface area contributed by atoms with Crippen LogP contribution in [0.4, 0.5) is 0 Å². The minimum absolute atomic E-state index is 0.0268. The first kappa shape index (κ1) is 9.35. The summed E-state index contributed by atoms with van der Waals surface area (Å²) in [6, 6.07) is 0. The Hall–Kier alpha value is -0.650. The summed E-state index contributed by atoms with van der Waals surface area (Å²) >= 11 is 0. The van der Waals surface area contributed by atoms with E-state index in [4.69, 9.17) is 16.2 Å². The fourth-order valence-corrected chi connectivity index (χ4v) is 0.403. The molecule has 0 aliphatic heterocycles. The number of carbonyl (C=O) groups excluding carboxylic acids is 1. The van der Waals surface area contributed by atoms with E-state index in [0.29, 0.717) is 0 Å². The molecule has 1 unspecified atom stereocenters. The van der Waals surface area contributed by atoms with Gasteiger partial charge in [0.2, 0.25) is 6.29 Å². The summed E-state index contributed by atoms with van der Waals surface area (Å²) in [7, 11) is 0. The van der Waals surface area contributed by atoms with Crippen molar-refractivity contribution in [1.29, 1.82) is 0 Å². The summed E-state index contributed by atoms with van der Waals surface area (Å²) in [5.74, 6) is -0.499. The Morgan fingerprint density at radius 3 is 2.60 bits per heavy atom. The van der Waals surface area contributed by atoms with Gasteiger partial charge in [-0.25, -0.2) is 0 Å². The standard InChI is InChI=1S/C5H12N2O3/c1-4(9-3-7)10-5(8)2-6/h4H,2-3,6-7H2,1H3. The van der Waals surface area contributed by atoms with Crippen molar-refractivity contribution in [1.82, 2.24) is 0 Å². The van der Waals surface area contributed by atoms with Crippen molar-refractivity contribution < 1.29 is 14.3 Å². The van der Waals surface area contributed by atoms with Crippen LogP contribution in [0.25, 0.3) is 0 Å². The molecule has 0 rings (SSSR count). The lowest BCUT2D eigenvalue weighted by molar-refractivity contribution is -0.172. The van der Waals surface area contributed by atoms with E-state index in [1.807, 2.05) is 0 Å². The van der Waals surface area contributed by atoms with Gasteiger partial charge in [-0.2, -0.15) is 0 Å². The lowest BCUT2D eigenvalue weighted by Gasteiger charge is -2.10. The van der Waals surface area contributed by atoms with Gasteiger partial charge in [-0.3, -0.25) is 4.79 Å². The Labute approximate surface area is 59.3 Å². The van der Waals surface area contributed by atoms with Crippen LogP contribution in [-0.2, 0) is 14.3 Å². The van der Waals surface area contributed by atoms with E-state index in [-0.39, 0.29) is 13.3 Å². The van der Waals surface area contributed by atoms with Crippen LogP contribution in [0.1, 0.15) is 6.92 Å². The third kappa shape index (κ3) is 4.25. The quantitative estimate of drug-likeness (QED) is 0.385. The van der Waals surface area contributed by atoms with Crippen LogP contribution < -0.4 is 11.5 Å². The number of hydrogen-bond donors (Lipinski definition) is 2. The maximum Gasteiger partial charge on any atom is 0.321 e. The highest BCUT2D eigenvalue weighted by atomic mass is 16.7. The molecule has 0 bridgehead atoms. The molecule has 0 radical (unpaired) electrons. The van der Waals surface area contributed by atoms with Crippen LogP contribution in [-0.4, -0.2) is 25.5 Å². The molecular formula is C5H12N2O3. The SMILES string of the molecule is CC(OCN)OC(=O)CN. The molecule has 60 valence electrons. The average Bonchev–Trinajstić information content (AvgIpc) is 1.88. The van der Waals surface area contributed by atoms with Gasteiger partial charge in [0, 0.05) is 0 Å². The highest BCUT2D eigenvalue weighted by molar-refractivity contribution is 5.71. The maximum absolute atomic E-state index is 10.4. The minimum Gasteiger partial charge on any atom is -0.435 e. The predicted molar refractivity (Wildman–Crippen MR) is 34.7 cm³/mol. The number of nitrogens with two attached hydrogens (primary N) is 2. The molecule has 5 heteroatoms. The minimum atomic E-state index is -0.610. The molecule has 0 aromatic heterocycles. The summed E-state index contributed by atoms with van der Waals surface area (Å²) in [6.07, 6.45) is -0.610. The van der Waals surface area contributed by atoms with E-state index in [1.54, 1.807) is 6.92 Å². The van der Waals surface area contributed by atoms with Gasteiger partial charge < -0.3 is 20.9 Å². The van der Waals surface area contributed by atoms with Gasteiger partial charge in [0.1, 0.15) is 0 Å². The van der Waals surface area contributed by atoms with Gasteiger partial charge >= 0.3 is 5.97 Å². The second-order valence-corrected chi connectivity index (χ2v) is 1.59. The maximum atomic E-state index is 10.4. The molecule has 0 aromatic carbocycles. The zero-order valence-corrected chi connectivity index (χ0v) is 5.87. The smallest absolute Gasteiger partial charge is 0.321 e. The topological polar surface area (TPSA) is 87.6 Å². The van der Waals surface area contributed by atoms with Crippen molar-refractivity contribution in [2.24, 2.45) is 11.5 Å². The molecule has 1 atom stereocenters. The Bertz CT molecular complexity index is 107. The van der Waals surface area contributed by atoms with Crippen molar-refractivity contribution in [3.8, 4) is 0 Å². The van der Waals surface area contributed by atoms with Crippen LogP contribution in [0.5, 0.6) is 0 Å². The summed E-state index contributed by atoms with van der Waals surface area (Å²) in [5, 5.41) is 0. The third-order valence-electron chi connectivity index (χ3n) is 0.795. The number of carbonyl (C=O) groups is 1. The second kappa shape index (κ2) is 5.16. The fraction of sp³-hybridized carbons (Fsp3) is 0.800. The van der Waals surface area contributed by atoms with Gasteiger partial charge in [0.05, 0.1) is 13.3 Å². The monoisotopic (exact) mass is 148 g/mol. The fourth-order valence-electron chi connectivity index (χ4n) is 0.403. The highest BCUT2D eigenvalue weighted by Crippen LogP contribution is 1.90.